The second kappa shape index (κ2) is 8.02. The van der Waals surface area contributed by atoms with Crippen LogP contribution in [0.2, 0.25) is 0 Å². The lowest BCUT2D eigenvalue weighted by molar-refractivity contribution is -0.106. The Morgan fingerprint density at radius 2 is 1.95 bits per heavy atom. The van der Waals surface area contributed by atoms with Crippen molar-refractivity contribution in [2.75, 3.05) is 25.0 Å². The topological polar surface area (TPSA) is 23.6 Å². The highest BCUT2D eigenvalue weighted by Gasteiger charge is 2.20. The van der Waals surface area contributed by atoms with Crippen LogP contribution >= 0.6 is 0 Å². The van der Waals surface area contributed by atoms with Crippen molar-refractivity contribution in [1.29, 1.82) is 0 Å². The smallest absolute Gasteiger partial charge is 0.139 e. The molecule has 2 rings (SSSR count). The zero-order valence-corrected chi connectivity index (χ0v) is 13.9. The van der Waals surface area contributed by atoms with E-state index in [4.69, 9.17) is 0 Å². The Bertz CT molecular complexity index is 506. The first kappa shape index (κ1) is 16.6. The van der Waals surface area contributed by atoms with Gasteiger partial charge in [0.25, 0.3) is 0 Å². The maximum Gasteiger partial charge on any atom is 0.139 e. The molecule has 0 radical (unpaired) electrons. The van der Waals surface area contributed by atoms with Crippen molar-refractivity contribution in [3.8, 4) is 0 Å². The molecule has 120 valence electrons. The fourth-order valence-corrected chi connectivity index (χ4v) is 3.31. The number of para-hydroxylation sites is 1. The number of aryl methyl sites for hydroxylation is 1. The standard InChI is InChI=1S/C19H28N2O/c1-16-9-7-8-12-19(16)21(13-14-22)15-17(2)20(3)18-10-5-4-6-11-18/h7-9,12,14,18H,2,4-6,10-11,13,15H2,1,3H3. The van der Waals surface area contributed by atoms with E-state index in [1.165, 1.54) is 37.7 Å². The molecule has 1 aliphatic carbocycles. The van der Waals surface area contributed by atoms with Crippen molar-refractivity contribution in [1.82, 2.24) is 4.90 Å². The predicted molar refractivity (Wildman–Crippen MR) is 93.2 cm³/mol. The Morgan fingerprint density at radius 1 is 1.27 bits per heavy atom. The van der Waals surface area contributed by atoms with Crippen molar-refractivity contribution in [2.45, 2.75) is 45.1 Å². The highest BCUT2D eigenvalue weighted by molar-refractivity contribution is 5.63. The molecule has 0 saturated heterocycles. The van der Waals surface area contributed by atoms with Crippen LogP contribution in [0.25, 0.3) is 0 Å². The normalized spacial score (nSPS) is 15.4. The third-order valence-electron chi connectivity index (χ3n) is 4.75. The van der Waals surface area contributed by atoms with Gasteiger partial charge in [-0.15, -0.1) is 0 Å². The number of hydrogen-bond donors (Lipinski definition) is 0. The van der Waals surface area contributed by atoms with E-state index in [0.717, 1.165) is 17.7 Å². The molecule has 0 spiro atoms. The maximum atomic E-state index is 11.1. The molecule has 0 amide bonds. The van der Waals surface area contributed by atoms with Crippen molar-refractivity contribution in [3.05, 3.63) is 42.1 Å². The summed E-state index contributed by atoms with van der Waals surface area (Å²) in [5, 5.41) is 0. The van der Waals surface area contributed by atoms with Gasteiger partial charge in [-0.2, -0.15) is 0 Å². The first-order valence-corrected chi connectivity index (χ1v) is 8.28. The van der Waals surface area contributed by atoms with E-state index < -0.39 is 0 Å². The summed E-state index contributed by atoms with van der Waals surface area (Å²) >= 11 is 0. The minimum atomic E-state index is 0.405. The van der Waals surface area contributed by atoms with Gasteiger partial charge in [0.1, 0.15) is 6.29 Å². The average molecular weight is 300 g/mol. The number of rotatable bonds is 7. The summed E-state index contributed by atoms with van der Waals surface area (Å²) in [5.74, 6) is 0. The number of aldehydes is 1. The maximum absolute atomic E-state index is 11.1. The molecule has 22 heavy (non-hydrogen) atoms. The molecule has 1 aromatic carbocycles. The lowest BCUT2D eigenvalue weighted by Crippen LogP contribution is -2.38. The number of likely N-dealkylation sites (N-methyl/N-ethyl adjacent to an activating group) is 1. The van der Waals surface area contributed by atoms with Gasteiger partial charge < -0.3 is 14.6 Å². The van der Waals surface area contributed by atoms with Gasteiger partial charge in [-0.3, -0.25) is 0 Å². The average Bonchev–Trinajstić information content (AvgIpc) is 2.55. The SMILES string of the molecule is C=C(CN(CC=O)c1ccccc1C)N(C)C1CCCCC1. The van der Waals surface area contributed by atoms with Gasteiger partial charge in [0.2, 0.25) is 0 Å². The molecule has 0 N–H and O–H groups in total. The largest absolute Gasteiger partial charge is 0.374 e. The molecule has 0 bridgehead atoms. The Morgan fingerprint density at radius 3 is 2.59 bits per heavy atom. The van der Waals surface area contributed by atoms with E-state index in [1.807, 2.05) is 12.1 Å². The molecule has 0 heterocycles. The summed E-state index contributed by atoms with van der Waals surface area (Å²) in [6, 6.07) is 8.82. The van der Waals surface area contributed by atoms with Gasteiger partial charge in [-0.1, -0.05) is 44.0 Å². The van der Waals surface area contributed by atoms with Gasteiger partial charge in [0, 0.05) is 24.5 Å². The van der Waals surface area contributed by atoms with Crippen molar-refractivity contribution < 1.29 is 4.79 Å². The molecule has 3 nitrogen and oxygen atoms in total. The van der Waals surface area contributed by atoms with E-state index in [1.54, 1.807) is 0 Å². The zero-order chi connectivity index (χ0) is 15.9. The number of benzene rings is 1. The summed E-state index contributed by atoms with van der Waals surface area (Å²) in [7, 11) is 2.15. The van der Waals surface area contributed by atoms with Crippen LogP contribution in [0.5, 0.6) is 0 Å². The summed E-state index contributed by atoms with van der Waals surface area (Å²) in [4.78, 5) is 15.5. The number of hydrogen-bond acceptors (Lipinski definition) is 3. The minimum absolute atomic E-state index is 0.405. The van der Waals surface area contributed by atoms with Gasteiger partial charge in [0.15, 0.2) is 0 Å². The van der Waals surface area contributed by atoms with Crippen LogP contribution in [0.1, 0.15) is 37.7 Å². The van der Waals surface area contributed by atoms with E-state index in [-0.39, 0.29) is 0 Å². The van der Waals surface area contributed by atoms with Gasteiger partial charge in [0.05, 0.1) is 13.1 Å². The number of anilines is 1. The highest BCUT2D eigenvalue weighted by atomic mass is 16.1. The molecule has 3 heteroatoms. The van der Waals surface area contributed by atoms with Crippen LogP contribution in [0.3, 0.4) is 0 Å². The fraction of sp³-hybridized carbons (Fsp3) is 0.526. The first-order chi connectivity index (χ1) is 10.6. The van der Waals surface area contributed by atoms with Gasteiger partial charge in [-0.05, 0) is 31.4 Å². The number of carbonyl (C=O) groups excluding carboxylic acids is 1. The molecule has 0 aliphatic heterocycles. The quantitative estimate of drug-likeness (QED) is 0.716. The molecule has 1 fully saturated rings. The van der Waals surface area contributed by atoms with Crippen LogP contribution in [0, 0.1) is 6.92 Å². The van der Waals surface area contributed by atoms with Crippen molar-refractivity contribution in [2.24, 2.45) is 0 Å². The van der Waals surface area contributed by atoms with Crippen LogP contribution in [0.4, 0.5) is 5.69 Å². The third-order valence-corrected chi connectivity index (χ3v) is 4.75. The number of nitrogens with zero attached hydrogens (tertiary/aromatic N) is 2. The van der Waals surface area contributed by atoms with Crippen molar-refractivity contribution >= 4 is 12.0 Å². The minimum Gasteiger partial charge on any atom is -0.374 e. The zero-order valence-electron chi connectivity index (χ0n) is 13.9. The first-order valence-electron chi connectivity index (χ1n) is 8.28. The summed E-state index contributed by atoms with van der Waals surface area (Å²) in [6.45, 7) is 7.47. The molecule has 1 aromatic rings. The van der Waals surface area contributed by atoms with Crippen LogP contribution < -0.4 is 4.90 Å². The fourth-order valence-electron chi connectivity index (χ4n) is 3.31. The molecule has 1 aliphatic rings. The van der Waals surface area contributed by atoms with E-state index >= 15 is 0 Å². The molecular weight excluding hydrogens is 272 g/mol. The van der Waals surface area contributed by atoms with Crippen LogP contribution in [0.15, 0.2) is 36.5 Å². The molecule has 1 saturated carbocycles. The summed E-state index contributed by atoms with van der Waals surface area (Å²) in [5.41, 5.74) is 3.40. The lowest BCUT2D eigenvalue weighted by Gasteiger charge is -2.36. The summed E-state index contributed by atoms with van der Waals surface area (Å²) < 4.78 is 0. The second-order valence-electron chi connectivity index (χ2n) is 6.30. The predicted octanol–water partition coefficient (Wildman–Crippen LogP) is 3.78. The lowest BCUT2D eigenvalue weighted by atomic mass is 9.94. The van der Waals surface area contributed by atoms with Gasteiger partial charge >= 0.3 is 0 Å². The molecule has 0 atom stereocenters. The highest BCUT2D eigenvalue weighted by Crippen LogP contribution is 2.25. The van der Waals surface area contributed by atoms with Crippen molar-refractivity contribution in [3.63, 3.8) is 0 Å². The van der Waals surface area contributed by atoms with E-state index in [2.05, 4.69) is 42.5 Å². The Balaban J connectivity index is 2.05. The van der Waals surface area contributed by atoms with E-state index in [9.17, 15) is 4.79 Å². The number of carbonyl (C=O) groups is 1. The Hall–Kier alpha value is -1.77. The molecule has 0 aromatic heterocycles. The van der Waals surface area contributed by atoms with Crippen LogP contribution in [-0.4, -0.2) is 37.4 Å². The third kappa shape index (κ3) is 4.12. The van der Waals surface area contributed by atoms with E-state index in [0.29, 0.717) is 19.1 Å². The van der Waals surface area contributed by atoms with Crippen LogP contribution in [-0.2, 0) is 4.79 Å². The molecular formula is C19H28N2O. The van der Waals surface area contributed by atoms with Gasteiger partial charge in [-0.25, -0.2) is 0 Å². The molecule has 0 unspecified atom stereocenters. The Kier molecular flexibility index (Phi) is 6.05. The Labute approximate surface area is 134 Å². The monoisotopic (exact) mass is 300 g/mol. The second-order valence-corrected chi connectivity index (χ2v) is 6.30. The summed E-state index contributed by atoms with van der Waals surface area (Å²) in [6.07, 6.45) is 7.48.